The van der Waals surface area contributed by atoms with Crippen LogP contribution in [0.1, 0.15) is 0 Å². The summed E-state index contributed by atoms with van der Waals surface area (Å²) in [7, 11) is 0. The van der Waals surface area contributed by atoms with Gasteiger partial charge >= 0.3 is 0 Å². The Labute approximate surface area is 150 Å². The van der Waals surface area contributed by atoms with E-state index in [-0.39, 0.29) is 21.2 Å². The van der Waals surface area contributed by atoms with Gasteiger partial charge in [-0.05, 0) is 63.4 Å². The van der Waals surface area contributed by atoms with Crippen molar-refractivity contribution in [3.05, 3.63) is 45.6 Å². The van der Waals surface area contributed by atoms with Gasteiger partial charge in [0, 0.05) is 10.9 Å². The van der Waals surface area contributed by atoms with Crippen molar-refractivity contribution in [1.82, 2.24) is 0 Å². The zero-order valence-electron chi connectivity index (χ0n) is 9.51. The second-order valence-corrected chi connectivity index (χ2v) is 7.08. The lowest BCUT2D eigenvalue weighted by molar-refractivity contribution is 0.470. The Balaban J connectivity index is 2.55. The molecule has 0 bridgehead atoms. The fourth-order valence-corrected chi connectivity index (χ4v) is 4.07. The lowest BCUT2D eigenvalue weighted by Gasteiger charge is -2.11. The van der Waals surface area contributed by atoms with Crippen molar-refractivity contribution in [2.75, 3.05) is 0 Å². The zero-order valence-corrected chi connectivity index (χ0v) is 15.3. The Hall–Kier alpha value is -0.250. The SMILES string of the molecule is O=c1c(Cl)cc2cc3cc(Cl)c(O)c(I)c3oc-2c1I. The molecule has 3 rings (SSSR count). The molecule has 0 saturated carbocycles. The topological polar surface area (TPSA) is 50.4 Å². The van der Waals surface area contributed by atoms with E-state index in [9.17, 15) is 9.90 Å². The molecule has 0 unspecified atom stereocenters. The molecule has 0 atom stereocenters. The summed E-state index contributed by atoms with van der Waals surface area (Å²) in [5.74, 6) is 0.418. The Morgan fingerprint density at radius 2 is 1.75 bits per heavy atom. The molecular formula is C13H4Cl2I2O3. The number of aromatic hydroxyl groups is 1. The predicted octanol–water partition coefficient (Wildman–Crippen LogP) is 5.12. The first-order valence-electron chi connectivity index (χ1n) is 5.32. The monoisotopic (exact) mass is 532 g/mol. The minimum atomic E-state index is -0.268. The first-order valence-corrected chi connectivity index (χ1v) is 8.24. The number of fused-ring (bicyclic) bond motifs is 2. The summed E-state index contributed by atoms with van der Waals surface area (Å²) in [6, 6.07) is 5.01. The lowest BCUT2D eigenvalue weighted by Crippen LogP contribution is -2.08. The van der Waals surface area contributed by atoms with Crippen LogP contribution in [0.5, 0.6) is 5.75 Å². The van der Waals surface area contributed by atoms with Crippen LogP contribution in [0.4, 0.5) is 0 Å². The van der Waals surface area contributed by atoms with E-state index in [1.54, 1.807) is 12.1 Å². The largest absolute Gasteiger partial charge is 0.505 e. The van der Waals surface area contributed by atoms with Crippen LogP contribution in [-0.2, 0) is 0 Å². The van der Waals surface area contributed by atoms with E-state index in [2.05, 4.69) is 0 Å². The standard InChI is InChI=1S/C13H4Cl2I2O3/c14-6-2-4-1-5-3-7(15)11(19)9(17)13(5)20-12(4)8(16)10(6)18/h1-3,18H. The first-order chi connectivity index (χ1) is 9.40. The van der Waals surface area contributed by atoms with Crippen LogP contribution in [0.25, 0.3) is 22.3 Å². The maximum absolute atomic E-state index is 11.9. The maximum Gasteiger partial charge on any atom is 0.214 e. The van der Waals surface area contributed by atoms with Crippen molar-refractivity contribution < 1.29 is 9.52 Å². The van der Waals surface area contributed by atoms with Crippen LogP contribution in [0.3, 0.4) is 0 Å². The van der Waals surface area contributed by atoms with Crippen LogP contribution in [0.2, 0.25) is 10.0 Å². The van der Waals surface area contributed by atoms with Gasteiger partial charge in [-0.15, -0.1) is 0 Å². The summed E-state index contributed by atoms with van der Waals surface area (Å²) < 4.78 is 6.71. The summed E-state index contributed by atoms with van der Waals surface area (Å²) in [4.78, 5) is 11.9. The molecule has 0 spiro atoms. The number of hydrogen-bond acceptors (Lipinski definition) is 3. The van der Waals surface area contributed by atoms with Gasteiger partial charge in [-0.25, -0.2) is 0 Å². The molecule has 3 nitrogen and oxygen atoms in total. The Morgan fingerprint density at radius 1 is 1.05 bits per heavy atom. The van der Waals surface area contributed by atoms with E-state index in [1.165, 1.54) is 0 Å². The van der Waals surface area contributed by atoms with E-state index in [0.29, 0.717) is 24.0 Å². The highest BCUT2D eigenvalue weighted by Gasteiger charge is 2.19. The number of rotatable bonds is 0. The summed E-state index contributed by atoms with van der Waals surface area (Å²) >= 11 is 15.7. The average molecular weight is 533 g/mol. The van der Waals surface area contributed by atoms with Gasteiger partial charge in [-0.3, -0.25) is 4.79 Å². The quantitative estimate of drug-likeness (QED) is 0.323. The van der Waals surface area contributed by atoms with Crippen molar-refractivity contribution in [1.29, 1.82) is 0 Å². The van der Waals surface area contributed by atoms with Crippen molar-refractivity contribution in [3.63, 3.8) is 0 Å². The van der Waals surface area contributed by atoms with Gasteiger partial charge in [0.1, 0.15) is 3.57 Å². The predicted molar refractivity (Wildman–Crippen MR) is 96.2 cm³/mol. The minimum absolute atomic E-state index is 0.0332. The van der Waals surface area contributed by atoms with Crippen molar-refractivity contribution in [3.8, 4) is 17.1 Å². The molecule has 1 aromatic rings. The van der Waals surface area contributed by atoms with Gasteiger partial charge in [0.2, 0.25) is 5.43 Å². The van der Waals surface area contributed by atoms with E-state index >= 15 is 0 Å². The third-order valence-electron chi connectivity index (χ3n) is 2.85. The normalized spacial score (nSPS) is 11.4. The van der Waals surface area contributed by atoms with Gasteiger partial charge in [0.05, 0.1) is 13.6 Å². The third kappa shape index (κ3) is 2.18. The van der Waals surface area contributed by atoms with Crippen molar-refractivity contribution in [2.24, 2.45) is 0 Å². The number of hydrogen-bond donors (Lipinski definition) is 1. The molecule has 2 aliphatic rings. The number of halogens is 4. The Morgan fingerprint density at radius 3 is 2.45 bits per heavy atom. The molecule has 1 N–H and O–H groups in total. The molecule has 1 aliphatic heterocycles. The molecule has 1 aromatic carbocycles. The molecular weight excluding hydrogens is 529 g/mol. The number of benzene rings is 2. The third-order valence-corrected chi connectivity index (χ3v) is 5.40. The van der Waals surface area contributed by atoms with E-state index < -0.39 is 0 Å². The smallest absolute Gasteiger partial charge is 0.214 e. The van der Waals surface area contributed by atoms with Gasteiger partial charge < -0.3 is 9.52 Å². The van der Waals surface area contributed by atoms with Crippen LogP contribution >= 0.6 is 68.4 Å². The van der Waals surface area contributed by atoms with Crippen LogP contribution in [0, 0.1) is 7.14 Å². The molecule has 20 heavy (non-hydrogen) atoms. The number of phenols is 1. The van der Waals surface area contributed by atoms with Crippen molar-refractivity contribution in [2.45, 2.75) is 0 Å². The van der Waals surface area contributed by atoms with Crippen molar-refractivity contribution >= 4 is 79.4 Å². The average Bonchev–Trinajstić information content (AvgIpc) is 2.41. The van der Waals surface area contributed by atoms with E-state index in [1.807, 2.05) is 51.2 Å². The molecule has 1 aliphatic carbocycles. The van der Waals surface area contributed by atoms with Gasteiger partial charge in [0.25, 0.3) is 0 Å². The molecule has 0 aromatic heterocycles. The molecule has 0 fully saturated rings. The van der Waals surface area contributed by atoms with E-state index in [4.69, 9.17) is 27.6 Å². The fraction of sp³-hybridized carbons (Fsp3) is 0. The summed E-state index contributed by atoms with van der Waals surface area (Å²) in [5, 5.41) is 11.0. The maximum atomic E-state index is 11.9. The molecule has 0 saturated heterocycles. The summed E-state index contributed by atoms with van der Waals surface area (Å²) in [5.41, 5.74) is 0.930. The highest BCUT2D eigenvalue weighted by atomic mass is 127. The van der Waals surface area contributed by atoms with Crippen LogP contribution in [-0.4, -0.2) is 5.11 Å². The highest BCUT2D eigenvalue weighted by molar-refractivity contribution is 14.1. The fourth-order valence-electron chi connectivity index (χ4n) is 1.90. The Kier molecular flexibility index (Phi) is 3.81. The first kappa shape index (κ1) is 14.7. The van der Waals surface area contributed by atoms with Gasteiger partial charge in [0.15, 0.2) is 17.1 Å². The molecule has 0 amide bonds. The summed E-state index contributed by atoms with van der Waals surface area (Å²) in [6.45, 7) is 0. The summed E-state index contributed by atoms with van der Waals surface area (Å²) in [6.07, 6.45) is 0. The zero-order chi connectivity index (χ0) is 14.6. The van der Waals surface area contributed by atoms with Gasteiger partial charge in [-0.1, -0.05) is 23.2 Å². The lowest BCUT2D eigenvalue weighted by atomic mass is 10.1. The minimum Gasteiger partial charge on any atom is -0.505 e. The molecule has 7 heteroatoms. The molecule has 1 heterocycles. The van der Waals surface area contributed by atoms with Crippen LogP contribution in [0.15, 0.2) is 27.4 Å². The van der Waals surface area contributed by atoms with Gasteiger partial charge in [-0.2, -0.15) is 0 Å². The number of phenolic OH excluding ortho intramolecular Hbond substituents is 1. The van der Waals surface area contributed by atoms with Crippen LogP contribution < -0.4 is 5.43 Å². The Bertz CT molecular complexity index is 889. The highest BCUT2D eigenvalue weighted by Crippen LogP contribution is 2.39. The molecule has 102 valence electrons. The van der Waals surface area contributed by atoms with E-state index in [0.717, 1.165) is 5.39 Å². The second kappa shape index (κ2) is 5.19. The second-order valence-electron chi connectivity index (χ2n) is 4.11. The molecule has 0 radical (unpaired) electrons.